The first kappa shape index (κ1) is 19.9. The van der Waals surface area contributed by atoms with Gasteiger partial charge in [0.2, 0.25) is 0 Å². The van der Waals surface area contributed by atoms with Crippen molar-refractivity contribution in [2.24, 2.45) is 0 Å². The van der Waals surface area contributed by atoms with E-state index in [9.17, 15) is 9.59 Å². The molecule has 29 heavy (non-hydrogen) atoms. The number of hydrogen-bond acceptors (Lipinski definition) is 5. The van der Waals surface area contributed by atoms with Crippen LogP contribution in [0.5, 0.6) is 17.2 Å². The Kier molecular flexibility index (Phi) is 6.43. The van der Waals surface area contributed by atoms with E-state index < -0.39 is 5.97 Å². The third-order valence-electron chi connectivity index (χ3n) is 4.19. The number of rotatable bonds is 7. The Morgan fingerprint density at radius 2 is 1.45 bits per heavy atom. The Balaban J connectivity index is 1.66. The van der Waals surface area contributed by atoms with Gasteiger partial charge in [0.15, 0.2) is 17.3 Å². The van der Waals surface area contributed by atoms with E-state index in [1.807, 2.05) is 12.1 Å². The fourth-order valence-corrected chi connectivity index (χ4v) is 2.65. The topological polar surface area (TPSA) is 61.8 Å². The van der Waals surface area contributed by atoms with Crippen LogP contribution in [0.2, 0.25) is 0 Å². The van der Waals surface area contributed by atoms with Crippen LogP contribution in [0, 0.1) is 0 Å². The van der Waals surface area contributed by atoms with Crippen molar-refractivity contribution < 1.29 is 23.8 Å². The maximum Gasteiger partial charge on any atom is 0.343 e. The standard InChI is InChI=1S/C24H20O5/c1-27-22-15-9-17(16-23(22)28-2)8-14-21(25)18-10-12-20(13-11-18)29-24(26)19-6-4-3-5-7-19/h3-16H,1-2H3. The lowest BCUT2D eigenvalue weighted by atomic mass is 10.1. The van der Waals surface area contributed by atoms with E-state index in [1.165, 1.54) is 6.08 Å². The highest BCUT2D eigenvalue weighted by Gasteiger charge is 2.09. The molecular weight excluding hydrogens is 368 g/mol. The molecule has 0 amide bonds. The van der Waals surface area contributed by atoms with Crippen LogP contribution in [0.4, 0.5) is 0 Å². The minimum Gasteiger partial charge on any atom is -0.493 e. The molecule has 5 heteroatoms. The molecule has 0 fully saturated rings. The SMILES string of the molecule is COc1ccc(C=CC(=O)c2ccc(OC(=O)c3ccccc3)cc2)cc1OC. The Morgan fingerprint density at radius 3 is 2.10 bits per heavy atom. The number of hydrogen-bond donors (Lipinski definition) is 0. The van der Waals surface area contributed by atoms with Crippen LogP contribution < -0.4 is 14.2 Å². The third-order valence-corrected chi connectivity index (χ3v) is 4.19. The third kappa shape index (κ3) is 5.11. The van der Waals surface area contributed by atoms with Crippen LogP contribution in [0.1, 0.15) is 26.3 Å². The number of carbonyl (C=O) groups excluding carboxylic acids is 2. The maximum atomic E-state index is 12.4. The van der Waals surface area contributed by atoms with Gasteiger partial charge in [0.1, 0.15) is 5.75 Å². The van der Waals surface area contributed by atoms with Crippen LogP contribution in [-0.2, 0) is 0 Å². The number of allylic oxidation sites excluding steroid dienone is 1. The first-order valence-corrected chi connectivity index (χ1v) is 8.92. The number of carbonyl (C=O) groups is 2. The fraction of sp³-hybridized carbons (Fsp3) is 0.0833. The molecule has 0 spiro atoms. The molecular formula is C24H20O5. The van der Waals surface area contributed by atoms with Crippen LogP contribution in [0.25, 0.3) is 6.08 Å². The molecule has 5 nitrogen and oxygen atoms in total. The maximum absolute atomic E-state index is 12.4. The van der Waals surface area contributed by atoms with Crippen LogP contribution in [0.3, 0.4) is 0 Å². The highest BCUT2D eigenvalue weighted by molar-refractivity contribution is 6.07. The van der Waals surface area contributed by atoms with Crippen molar-refractivity contribution >= 4 is 17.8 Å². The van der Waals surface area contributed by atoms with Gasteiger partial charge < -0.3 is 14.2 Å². The molecule has 0 aromatic heterocycles. The first-order chi connectivity index (χ1) is 14.1. The lowest BCUT2D eigenvalue weighted by Gasteiger charge is -2.07. The summed E-state index contributed by atoms with van der Waals surface area (Å²) >= 11 is 0. The Hall–Kier alpha value is -3.86. The number of esters is 1. The quantitative estimate of drug-likeness (QED) is 0.251. The summed E-state index contributed by atoms with van der Waals surface area (Å²) in [6, 6.07) is 20.5. The van der Waals surface area contributed by atoms with Crippen LogP contribution in [0.15, 0.2) is 78.9 Å². The highest BCUT2D eigenvalue weighted by Crippen LogP contribution is 2.28. The lowest BCUT2D eigenvalue weighted by Crippen LogP contribution is -2.08. The van der Waals surface area contributed by atoms with Gasteiger partial charge in [0, 0.05) is 5.56 Å². The second-order valence-electron chi connectivity index (χ2n) is 6.09. The van der Waals surface area contributed by atoms with Crippen LogP contribution in [-0.4, -0.2) is 26.0 Å². The van der Waals surface area contributed by atoms with E-state index in [0.717, 1.165) is 5.56 Å². The largest absolute Gasteiger partial charge is 0.493 e. The molecule has 0 aliphatic rings. The van der Waals surface area contributed by atoms with E-state index in [0.29, 0.717) is 28.4 Å². The summed E-state index contributed by atoms with van der Waals surface area (Å²) in [5.74, 6) is 0.973. The minimum atomic E-state index is -0.446. The van der Waals surface area contributed by atoms with Gasteiger partial charge in [-0.05, 0) is 60.2 Å². The Labute approximate surface area is 169 Å². The van der Waals surface area contributed by atoms with Gasteiger partial charge in [-0.25, -0.2) is 4.79 Å². The zero-order valence-corrected chi connectivity index (χ0v) is 16.1. The molecule has 0 heterocycles. The molecule has 146 valence electrons. The van der Waals surface area contributed by atoms with Gasteiger partial charge >= 0.3 is 5.97 Å². The second-order valence-corrected chi connectivity index (χ2v) is 6.09. The molecule has 0 bridgehead atoms. The molecule has 0 N–H and O–H groups in total. The van der Waals surface area contributed by atoms with E-state index in [2.05, 4.69) is 0 Å². The van der Waals surface area contributed by atoms with Gasteiger partial charge in [-0.3, -0.25) is 4.79 Å². The molecule has 3 rings (SSSR count). The molecule has 0 aliphatic carbocycles. The average Bonchev–Trinajstić information content (AvgIpc) is 2.78. The van der Waals surface area contributed by atoms with Gasteiger partial charge in [0.25, 0.3) is 0 Å². The van der Waals surface area contributed by atoms with Crippen molar-refractivity contribution in [2.45, 2.75) is 0 Å². The van der Waals surface area contributed by atoms with Gasteiger partial charge in [-0.15, -0.1) is 0 Å². The van der Waals surface area contributed by atoms with Crippen molar-refractivity contribution in [1.29, 1.82) is 0 Å². The van der Waals surface area contributed by atoms with Gasteiger partial charge in [-0.2, -0.15) is 0 Å². The highest BCUT2D eigenvalue weighted by atomic mass is 16.5. The summed E-state index contributed by atoms with van der Waals surface area (Å²) in [5.41, 5.74) is 1.76. The van der Waals surface area contributed by atoms with E-state index in [4.69, 9.17) is 14.2 Å². The Morgan fingerprint density at radius 1 is 0.759 bits per heavy atom. The summed E-state index contributed by atoms with van der Waals surface area (Å²) in [6.45, 7) is 0. The predicted molar refractivity (Wildman–Crippen MR) is 111 cm³/mol. The molecule has 3 aromatic carbocycles. The molecule has 0 saturated heterocycles. The van der Waals surface area contributed by atoms with E-state index >= 15 is 0 Å². The van der Waals surface area contributed by atoms with Gasteiger partial charge in [0.05, 0.1) is 19.8 Å². The van der Waals surface area contributed by atoms with Crippen molar-refractivity contribution in [3.05, 3.63) is 95.6 Å². The fourth-order valence-electron chi connectivity index (χ4n) is 2.65. The van der Waals surface area contributed by atoms with Crippen molar-refractivity contribution in [1.82, 2.24) is 0 Å². The summed E-state index contributed by atoms with van der Waals surface area (Å²) < 4.78 is 15.8. The molecule has 0 aliphatic heterocycles. The van der Waals surface area contributed by atoms with Gasteiger partial charge in [-0.1, -0.05) is 30.3 Å². The van der Waals surface area contributed by atoms with Crippen molar-refractivity contribution in [2.75, 3.05) is 14.2 Å². The zero-order valence-electron chi connectivity index (χ0n) is 16.1. The Bertz CT molecular complexity index is 1020. The summed E-state index contributed by atoms with van der Waals surface area (Å²) in [4.78, 5) is 24.5. The predicted octanol–water partition coefficient (Wildman–Crippen LogP) is 4.82. The number of ether oxygens (including phenoxy) is 3. The van der Waals surface area contributed by atoms with E-state index in [-0.39, 0.29) is 5.78 Å². The first-order valence-electron chi connectivity index (χ1n) is 8.92. The van der Waals surface area contributed by atoms with Crippen molar-refractivity contribution in [3.63, 3.8) is 0 Å². The normalized spacial score (nSPS) is 10.6. The molecule has 0 saturated carbocycles. The average molecular weight is 388 g/mol. The second kappa shape index (κ2) is 9.37. The molecule has 0 atom stereocenters. The zero-order chi connectivity index (χ0) is 20.6. The van der Waals surface area contributed by atoms with Crippen molar-refractivity contribution in [3.8, 4) is 17.2 Å². The summed E-state index contributed by atoms with van der Waals surface area (Å²) in [6.07, 6.45) is 3.18. The van der Waals surface area contributed by atoms with E-state index in [1.54, 1.807) is 81.0 Å². The monoisotopic (exact) mass is 388 g/mol. The minimum absolute atomic E-state index is 0.166. The summed E-state index contributed by atoms with van der Waals surface area (Å²) in [7, 11) is 3.13. The number of benzene rings is 3. The lowest BCUT2D eigenvalue weighted by molar-refractivity contribution is 0.0734. The van der Waals surface area contributed by atoms with Crippen LogP contribution >= 0.6 is 0 Å². The molecule has 0 unspecified atom stereocenters. The number of methoxy groups -OCH3 is 2. The smallest absolute Gasteiger partial charge is 0.343 e. The number of ketones is 1. The molecule has 0 radical (unpaired) electrons. The summed E-state index contributed by atoms with van der Waals surface area (Å²) in [5, 5.41) is 0. The molecule has 3 aromatic rings.